The predicted octanol–water partition coefficient (Wildman–Crippen LogP) is 4.62. The molecule has 0 bridgehead atoms. The summed E-state index contributed by atoms with van der Waals surface area (Å²) in [7, 11) is 0. The van der Waals surface area contributed by atoms with Crippen molar-refractivity contribution in [1.82, 2.24) is 9.97 Å². The van der Waals surface area contributed by atoms with Crippen molar-refractivity contribution in [2.75, 3.05) is 0 Å². The van der Waals surface area contributed by atoms with E-state index >= 15 is 0 Å². The van der Waals surface area contributed by atoms with Crippen LogP contribution in [-0.2, 0) is 11.2 Å². The molecule has 0 fully saturated rings. The number of carbonyl (C=O) groups is 1. The van der Waals surface area contributed by atoms with Crippen molar-refractivity contribution in [1.29, 1.82) is 0 Å². The summed E-state index contributed by atoms with van der Waals surface area (Å²) in [6.45, 7) is 3.96. The Kier molecular flexibility index (Phi) is 4.83. The second kappa shape index (κ2) is 6.87. The van der Waals surface area contributed by atoms with E-state index in [-0.39, 0.29) is 0 Å². The summed E-state index contributed by atoms with van der Waals surface area (Å²) in [4.78, 5) is 19.3. The Hall–Kier alpha value is -1.98. The van der Waals surface area contributed by atoms with Crippen molar-refractivity contribution < 1.29 is 9.90 Å². The number of nitrogens with zero attached hydrogens (tertiary/aromatic N) is 1. The zero-order chi connectivity index (χ0) is 17.3. The lowest BCUT2D eigenvalue weighted by Crippen LogP contribution is -2.19. The van der Waals surface area contributed by atoms with Gasteiger partial charge < -0.3 is 10.1 Å². The first-order chi connectivity index (χ1) is 11.4. The number of imidazole rings is 1. The molecule has 2 N–H and O–H groups in total. The third kappa shape index (κ3) is 3.74. The summed E-state index contributed by atoms with van der Waals surface area (Å²) < 4.78 is 0. The Morgan fingerprint density at radius 2 is 1.96 bits per heavy atom. The first-order valence-corrected chi connectivity index (χ1v) is 8.79. The second-order valence-corrected chi connectivity index (χ2v) is 7.40. The van der Waals surface area contributed by atoms with E-state index in [1.165, 1.54) is 11.8 Å². The fourth-order valence-corrected chi connectivity index (χ4v) is 3.75. The van der Waals surface area contributed by atoms with Gasteiger partial charge in [-0.3, -0.25) is 4.79 Å². The largest absolute Gasteiger partial charge is 0.480 e. The third-order valence-electron chi connectivity index (χ3n) is 3.76. The highest BCUT2D eigenvalue weighted by Gasteiger charge is 2.22. The molecule has 0 aliphatic rings. The number of aromatic nitrogens is 2. The Labute approximate surface area is 149 Å². The van der Waals surface area contributed by atoms with Crippen LogP contribution >= 0.6 is 23.4 Å². The molecule has 0 saturated heterocycles. The molecule has 3 rings (SSSR count). The van der Waals surface area contributed by atoms with Crippen molar-refractivity contribution >= 4 is 40.4 Å². The first-order valence-electron chi connectivity index (χ1n) is 7.53. The molecule has 3 aromatic rings. The average Bonchev–Trinajstić information content (AvgIpc) is 2.90. The minimum absolute atomic E-state index is 0.342. The molecule has 1 atom stereocenters. The van der Waals surface area contributed by atoms with Gasteiger partial charge in [-0.05, 0) is 55.2 Å². The minimum Gasteiger partial charge on any atom is -0.480 e. The van der Waals surface area contributed by atoms with E-state index in [2.05, 4.69) is 9.97 Å². The van der Waals surface area contributed by atoms with Gasteiger partial charge in [0.25, 0.3) is 0 Å². The topological polar surface area (TPSA) is 66.0 Å². The van der Waals surface area contributed by atoms with Crippen LogP contribution in [0.4, 0.5) is 0 Å². The molecule has 2 aromatic carbocycles. The van der Waals surface area contributed by atoms with Gasteiger partial charge in [0.1, 0.15) is 5.25 Å². The van der Waals surface area contributed by atoms with Gasteiger partial charge in [0.15, 0.2) is 5.16 Å². The van der Waals surface area contributed by atoms with Gasteiger partial charge in [0.2, 0.25) is 0 Å². The SMILES string of the molecule is Cc1ccc(C[C@H](Sc2nc3ccc(C)cc3[nH]2)C(=O)O)c(Cl)c1. The molecule has 4 nitrogen and oxygen atoms in total. The molecule has 0 amide bonds. The van der Waals surface area contributed by atoms with E-state index in [9.17, 15) is 9.90 Å². The molecular weight excluding hydrogens is 344 g/mol. The van der Waals surface area contributed by atoms with Gasteiger partial charge in [0, 0.05) is 5.02 Å². The van der Waals surface area contributed by atoms with Gasteiger partial charge in [-0.2, -0.15) is 0 Å². The fourth-order valence-electron chi connectivity index (χ4n) is 2.49. The lowest BCUT2D eigenvalue weighted by atomic mass is 10.1. The molecule has 124 valence electrons. The number of rotatable bonds is 5. The van der Waals surface area contributed by atoms with E-state index in [0.717, 1.165) is 27.7 Å². The van der Waals surface area contributed by atoms with Crippen LogP contribution in [0.5, 0.6) is 0 Å². The maximum absolute atomic E-state index is 11.7. The molecule has 1 aromatic heterocycles. The van der Waals surface area contributed by atoms with Crippen LogP contribution < -0.4 is 0 Å². The van der Waals surface area contributed by atoms with Crippen molar-refractivity contribution in [3.8, 4) is 0 Å². The number of fused-ring (bicyclic) bond motifs is 1. The predicted molar refractivity (Wildman–Crippen MR) is 98.0 cm³/mol. The molecule has 24 heavy (non-hydrogen) atoms. The maximum atomic E-state index is 11.7. The molecule has 6 heteroatoms. The standard InChI is InChI=1S/C18H17ClN2O2S/c1-10-3-5-12(13(19)7-10)9-16(17(22)23)24-18-20-14-6-4-11(2)8-15(14)21-18/h3-8,16H,9H2,1-2H3,(H,20,21)(H,22,23)/t16-/m0/s1. The van der Waals surface area contributed by atoms with Gasteiger partial charge in [0.05, 0.1) is 11.0 Å². The molecule has 0 unspecified atom stereocenters. The van der Waals surface area contributed by atoms with Crippen LogP contribution in [0.3, 0.4) is 0 Å². The monoisotopic (exact) mass is 360 g/mol. The zero-order valence-corrected chi connectivity index (χ0v) is 14.9. The highest BCUT2D eigenvalue weighted by Crippen LogP contribution is 2.28. The smallest absolute Gasteiger partial charge is 0.317 e. The lowest BCUT2D eigenvalue weighted by Gasteiger charge is -2.12. The van der Waals surface area contributed by atoms with Gasteiger partial charge in [-0.15, -0.1) is 0 Å². The summed E-state index contributed by atoms with van der Waals surface area (Å²) in [6.07, 6.45) is 0.342. The van der Waals surface area contributed by atoms with Crippen LogP contribution in [0, 0.1) is 13.8 Å². The summed E-state index contributed by atoms with van der Waals surface area (Å²) >= 11 is 7.45. The summed E-state index contributed by atoms with van der Waals surface area (Å²) in [5.41, 5.74) is 4.75. The molecule has 1 heterocycles. The van der Waals surface area contributed by atoms with E-state index < -0.39 is 11.2 Å². The lowest BCUT2D eigenvalue weighted by molar-refractivity contribution is -0.136. The van der Waals surface area contributed by atoms with Gasteiger partial charge in [-0.25, -0.2) is 4.98 Å². The number of carboxylic acids is 1. The molecular formula is C18H17ClN2O2S. The number of halogens is 1. The van der Waals surface area contributed by atoms with Gasteiger partial charge in [-0.1, -0.05) is 41.6 Å². The van der Waals surface area contributed by atoms with Crippen molar-refractivity contribution in [2.45, 2.75) is 30.7 Å². The molecule has 0 radical (unpaired) electrons. The fraction of sp³-hybridized carbons (Fsp3) is 0.222. The Bertz CT molecular complexity index is 907. The van der Waals surface area contributed by atoms with Crippen molar-refractivity contribution in [3.05, 3.63) is 58.1 Å². The zero-order valence-electron chi connectivity index (χ0n) is 13.3. The number of thioether (sulfide) groups is 1. The van der Waals surface area contributed by atoms with E-state index in [1.54, 1.807) is 0 Å². The highest BCUT2D eigenvalue weighted by molar-refractivity contribution is 8.00. The number of aromatic amines is 1. The van der Waals surface area contributed by atoms with Crippen LogP contribution in [0.15, 0.2) is 41.6 Å². The average molecular weight is 361 g/mol. The number of carboxylic acid groups (broad SMARTS) is 1. The Morgan fingerprint density at radius 1 is 1.25 bits per heavy atom. The molecule has 0 spiro atoms. The second-order valence-electron chi connectivity index (χ2n) is 5.81. The number of hydrogen-bond donors (Lipinski definition) is 2. The van der Waals surface area contributed by atoms with E-state index in [4.69, 9.17) is 11.6 Å². The third-order valence-corrected chi connectivity index (χ3v) is 5.18. The summed E-state index contributed by atoms with van der Waals surface area (Å²) in [6, 6.07) is 11.6. The number of H-pyrrole nitrogens is 1. The first kappa shape index (κ1) is 16.9. The van der Waals surface area contributed by atoms with E-state index in [0.29, 0.717) is 16.6 Å². The Morgan fingerprint density at radius 3 is 2.67 bits per heavy atom. The van der Waals surface area contributed by atoms with Gasteiger partial charge >= 0.3 is 5.97 Å². The van der Waals surface area contributed by atoms with Crippen LogP contribution in [0.2, 0.25) is 5.02 Å². The minimum atomic E-state index is -0.881. The van der Waals surface area contributed by atoms with Crippen LogP contribution in [0.1, 0.15) is 16.7 Å². The number of aryl methyl sites for hydroxylation is 2. The van der Waals surface area contributed by atoms with Crippen molar-refractivity contribution in [3.63, 3.8) is 0 Å². The van der Waals surface area contributed by atoms with Crippen LogP contribution in [-0.4, -0.2) is 26.3 Å². The van der Waals surface area contributed by atoms with E-state index in [1.807, 2.05) is 50.2 Å². The number of benzene rings is 2. The highest BCUT2D eigenvalue weighted by atomic mass is 35.5. The molecule has 0 saturated carbocycles. The molecule has 0 aliphatic carbocycles. The Balaban J connectivity index is 1.83. The molecule has 0 aliphatic heterocycles. The maximum Gasteiger partial charge on any atom is 0.317 e. The summed E-state index contributed by atoms with van der Waals surface area (Å²) in [5.74, 6) is -0.881. The number of hydrogen-bond acceptors (Lipinski definition) is 3. The number of aliphatic carboxylic acids is 1. The normalized spacial score (nSPS) is 12.5. The quantitative estimate of drug-likeness (QED) is 0.651. The number of nitrogens with one attached hydrogen (secondary N) is 1. The van der Waals surface area contributed by atoms with Crippen LogP contribution in [0.25, 0.3) is 11.0 Å². The van der Waals surface area contributed by atoms with Crippen molar-refractivity contribution in [2.24, 2.45) is 0 Å². The summed E-state index contributed by atoms with van der Waals surface area (Å²) in [5, 5.41) is 10.1.